The molecule has 0 radical (unpaired) electrons. The second-order valence-electron chi connectivity index (χ2n) is 4.65. The summed E-state index contributed by atoms with van der Waals surface area (Å²) >= 11 is 5.88. The van der Waals surface area contributed by atoms with Crippen molar-refractivity contribution in [1.29, 1.82) is 0 Å². The summed E-state index contributed by atoms with van der Waals surface area (Å²) in [5.41, 5.74) is 3.23. The molecule has 0 aliphatic carbocycles. The first-order valence-electron chi connectivity index (χ1n) is 6.69. The van der Waals surface area contributed by atoms with Gasteiger partial charge in [0.1, 0.15) is 12.4 Å². The van der Waals surface area contributed by atoms with E-state index in [0.29, 0.717) is 6.61 Å². The van der Waals surface area contributed by atoms with Crippen LogP contribution in [-0.2, 0) is 6.61 Å². The van der Waals surface area contributed by atoms with Crippen molar-refractivity contribution in [3.63, 3.8) is 0 Å². The number of halogens is 1. The summed E-state index contributed by atoms with van der Waals surface area (Å²) in [6.45, 7) is 0.489. The second-order valence-corrected chi connectivity index (χ2v) is 5.09. The molecule has 0 fully saturated rings. The largest absolute Gasteiger partial charge is 0.487 e. The fourth-order valence-corrected chi connectivity index (χ4v) is 2.22. The van der Waals surface area contributed by atoms with Gasteiger partial charge in [-0.3, -0.25) is 4.98 Å². The Bertz CT molecular complexity index is 711. The summed E-state index contributed by atoms with van der Waals surface area (Å²) in [7, 11) is 0. The molecule has 0 bridgehead atoms. The zero-order valence-corrected chi connectivity index (χ0v) is 12.1. The lowest BCUT2D eigenvalue weighted by atomic mass is 10.1. The summed E-state index contributed by atoms with van der Waals surface area (Å²) in [6, 6.07) is 19.8. The summed E-state index contributed by atoms with van der Waals surface area (Å²) in [5, 5.41) is 0.727. The van der Waals surface area contributed by atoms with E-state index in [1.807, 2.05) is 48.5 Å². The summed E-state index contributed by atoms with van der Waals surface area (Å²) < 4.78 is 5.91. The molecule has 0 atom stereocenters. The van der Waals surface area contributed by atoms with Crippen molar-refractivity contribution in [2.75, 3.05) is 0 Å². The van der Waals surface area contributed by atoms with Crippen LogP contribution in [0.2, 0.25) is 5.02 Å². The van der Waals surface area contributed by atoms with Gasteiger partial charge >= 0.3 is 0 Å². The summed E-state index contributed by atoms with van der Waals surface area (Å²) in [6.07, 6.45) is 3.52. The van der Waals surface area contributed by atoms with Crippen LogP contribution in [0.4, 0.5) is 0 Å². The predicted molar refractivity (Wildman–Crippen MR) is 85.5 cm³/mol. The number of pyridine rings is 1. The molecule has 0 aliphatic rings. The summed E-state index contributed by atoms with van der Waals surface area (Å²) in [4.78, 5) is 4.15. The standard InChI is InChI=1S/C18H14ClNO/c19-16-8-6-14(7-9-16)13-21-18-12-20-11-10-17(18)15-4-2-1-3-5-15/h1-12H,13H2. The highest BCUT2D eigenvalue weighted by molar-refractivity contribution is 6.30. The number of hydrogen-bond donors (Lipinski definition) is 0. The lowest BCUT2D eigenvalue weighted by molar-refractivity contribution is 0.306. The van der Waals surface area contributed by atoms with Gasteiger partial charge in [-0.2, -0.15) is 0 Å². The van der Waals surface area contributed by atoms with Crippen LogP contribution in [0, 0.1) is 0 Å². The van der Waals surface area contributed by atoms with Crippen LogP contribution in [0.1, 0.15) is 5.56 Å². The molecule has 1 heterocycles. The predicted octanol–water partition coefficient (Wildman–Crippen LogP) is 4.98. The van der Waals surface area contributed by atoms with Crippen LogP contribution in [0.3, 0.4) is 0 Å². The first-order valence-corrected chi connectivity index (χ1v) is 7.07. The fourth-order valence-electron chi connectivity index (χ4n) is 2.09. The van der Waals surface area contributed by atoms with Crippen LogP contribution in [0.25, 0.3) is 11.1 Å². The van der Waals surface area contributed by atoms with E-state index in [1.54, 1.807) is 12.4 Å². The van der Waals surface area contributed by atoms with Gasteiger partial charge in [-0.05, 0) is 29.3 Å². The summed E-state index contributed by atoms with van der Waals surface area (Å²) in [5.74, 6) is 0.777. The maximum Gasteiger partial charge on any atom is 0.145 e. The third-order valence-corrected chi connectivity index (χ3v) is 3.43. The van der Waals surface area contributed by atoms with Gasteiger partial charge in [0.2, 0.25) is 0 Å². The second kappa shape index (κ2) is 6.42. The molecule has 0 unspecified atom stereocenters. The molecule has 3 aromatic rings. The molecule has 1 aromatic heterocycles. The topological polar surface area (TPSA) is 22.1 Å². The number of benzene rings is 2. The first kappa shape index (κ1) is 13.7. The minimum absolute atomic E-state index is 0.489. The van der Waals surface area contributed by atoms with Gasteiger partial charge in [0.15, 0.2) is 0 Å². The van der Waals surface area contributed by atoms with E-state index in [-0.39, 0.29) is 0 Å². The molecule has 0 saturated heterocycles. The maximum absolute atomic E-state index is 5.91. The first-order chi connectivity index (χ1) is 10.3. The van der Waals surface area contributed by atoms with Crippen molar-refractivity contribution in [3.05, 3.63) is 83.6 Å². The van der Waals surface area contributed by atoms with E-state index >= 15 is 0 Å². The van der Waals surface area contributed by atoms with E-state index in [2.05, 4.69) is 17.1 Å². The van der Waals surface area contributed by atoms with Crippen molar-refractivity contribution >= 4 is 11.6 Å². The fraction of sp³-hybridized carbons (Fsp3) is 0.0556. The van der Waals surface area contributed by atoms with Crippen molar-refractivity contribution < 1.29 is 4.74 Å². The van der Waals surface area contributed by atoms with Gasteiger partial charge in [0.25, 0.3) is 0 Å². The molecule has 0 spiro atoms. The van der Waals surface area contributed by atoms with Crippen molar-refractivity contribution in [2.24, 2.45) is 0 Å². The van der Waals surface area contributed by atoms with E-state index in [1.165, 1.54) is 0 Å². The maximum atomic E-state index is 5.91. The van der Waals surface area contributed by atoms with E-state index in [9.17, 15) is 0 Å². The van der Waals surface area contributed by atoms with Gasteiger partial charge in [0.05, 0.1) is 6.20 Å². The molecule has 2 aromatic carbocycles. The zero-order valence-electron chi connectivity index (χ0n) is 11.4. The highest BCUT2D eigenvalue weighted by atomic mass is 35.5. The van der Waals surface area contributed by atoms with Crippen LogP contribution in [-0.4, -0.2) is 4.98 Å². The third kappa shape index (κ3) is 3.41. The SMILES string of the molecule is Clc1ccc(COc2cnccc2-c2ccccc2)cc1. The lowest BCUT2D eigenvalue weighted by Gasteiger charge is -2.11. The lowest BCUT2D eigenvalue weighted by Crippen LogP contribution is -1.97. The third-order valence-electron chi connectivity index (χ3n) is 3.18. The van der Waals surface area contributed by atoms with E-state index < -0.39 is 0 Å². The smallest absolute Gasteiger partial charge is 0.145 e. The molecular formula is C18H14ClNO. The van der Waals surface area contributed by atoms with Gasteiger partial charge in [-0.1, -0.05) is 54.1 Å². The minimum Gasteiger partial charge on any atom is -0.487 e. The molecule has 3 heteroatoms. The average molecular weight is 296 g/mol. The van der Waals surface area contributed by atoms with Crippen LogP contribution in [0.5, 0.6) is 5.75 Å². The molecule has 0 amide bonds. The van der Waals surface area contributed by atoms with Crippen LogP contribution >= 0.6 is 11.6 Å². The van der Waals surface area contributed by atoms with Crippen molar-refractivity contribution in [2.45, 2.75) is 6.61 Å². The zero-order chi connectivity index (χ0) is 14.5. The van der Waals surface area contributed by atoms with Crippen LogP contribution in [0.15, 0.2) is 73.1 Å². The molecule has 3 rings (SSSR count). The Hall–Kier alpha value is -2.32. The van der Waals surface area contributed by atoms with Gasteiger partial charge in [-0.15, -0.1) is 0 Å². The Labute approximate surface area is 129 Å². The Kier molecular flexibility index (Phi) is 4.17. The van der Waals surface area contributed by atoms with Crippen LogP contribution < -0.4 is 4.74 Å². The van der Waals surface area contributed by atoms with Crippen molar-refractivity contribution in [1.82, 2.24) is 4.98 Å². The number of aromatic nitrogens is 1. The highest BCUT2D eigenvalue weighted by Crippen LogP contribution is 2.29. The van der Waals surface area contributed by atoms with Gasteiger partial charge in [-0.25, -0.2) is 0 Å². The Morgan fingerprint density at radius 1 is 0.905 bits per heavy atom. The van der Waals surface area contributed by atoms with Gasteiger partial charge < -0.3 is 4.74 Å². The van der Waals surface area contributed by atoms with E-state index in [0.717, 1.165) is 27.5 Å². The molecule has 0 aliphatic heterocycles. The normalized spacial score (nSPS) is 10.3. The number of ether oxygens (including phenoxy) is 1. The number of rotatable bonds is 4. The molecule has 0 saturated carbocycles. The minimum atomic E-state index is 0.489. The molecule has 2 nitrogen and oxygen atoms in total. The Morgan fingerprint density at radius 2 is 1.67 bits per heavy atom. The number of hydrogen-bond acceptors (Lipinski definition) is 2. The number of nitrogens with zero attached hydrogens (tertiary/aromatic N) is 1. The molecular weight excluding hydrogens is 282 g/mol. The molecule has 0 N–H and O–H groups in total. The highest BCUT2D eigenvalue weighted by Gasteiger charge is 2.06. The molecule has 21 heavy (non-hydrogen) atoms. The Morgan fingerprint density at radius 3 is 2.43 bits per heavy atom. The van der Waals surface area contributed by atoms with Gasteiger partial charge in [0, 0.05) is 16.8 Å². The molecule has 104 valence electrons. The quantitative estimate of drug-likeness (QED) is 0.677. The Balaban J connectivity index is 1.81. The monoisotopic (exact) mass is 295 g/mol. The average Bonchev–Trinajstić information content (AvgIpc) is 2.55. The van der Waals surface area contributed by atoms with E-state index in [4.69, 9.17) is 16.3 Å². The van der Waals surface area contributed by atoms with Crippen molar-refractivity contribution in [3.8, 4) is 16.9 Å².